The van der Waals surface area contributed by atoms with Crippen LogP contribution in [-0.2, 0) is 20.9 Å². The molecule has 1 aliphatic heterocycles. The standard InChI is InChI=1S/C39H46N4O3/c1-27-35(31-13-7-8-14-33(31)40-27)36-32(38(36,2)3)25-34(44)43(26-28-11-5-4-6-12-28)39(19-9-10-20-39)37(45)41-29-15-17-30(18-16-29)42-21-23-46-24-22-42/h4-8,11-18,32,36,40H,9-10,19-26H2,1-3H3,(H,41,45). The molecule has 2 amide bonds. The van der Waals surface area contributed by atoms with Gasteiger partial charge >= 0.3 is 0 Å². The smallest absolute Gasteiger partial charge is 0.250 e. The minimum absolute atomic E-state index is 0.0167. The van der Waals surface area contributed by atoms with Crippen LogP contribution in [0.1, 0.15) is 68.7 Å². The number of para-hydroxylation sites is 1. The van der Waals surface area contributed by atoms with Crippen molar-refractivity contribution in [3.05, 3.63) is 95.7 Å². The molecule has 2 heterocycles. The van der Waals surface area contributed by atoms with Gasteiger partial charge in [0.2, 0.25) is 11.8 Å². The third-order valence-corrected chi connectivity index (χ3v) is 11.1. The quantitative estimate of drug-likeness (QED) is 0.205. The number of hydrogen-bond donors (Lipinski definition) is 2. The zero-order chi connectivity index (χ0) is 31.9. The molecule has 2 N–H and O–H groups in total. The second-order valence-corrected chi connectivity index (χ2v) is 14.1. The summed E-state index contributed by atoms with van der Waals surface area (Å²) >= 11 is 0. The lowest BCUT2D eigenvalue weighted by atomic mass is 9.91. The Balaban J connectivity index is 1.15. The predicted molar refractivity (Wildman–Crippen MR) is 184 cm³/mol. The first-order chi connectivity index (χ1) is 22.3. The summed E-state index contributed by atoms with van der Waals surface area (Å²) in [6.45, 7) is 10.3. The maximum atomic E-state index is 14.6. The zero-order valence-electron chi connectivity index (χ0n) is 27.4. The number of morpholine rings is 1. The van der Waals surface area contributed by atoms with E-state index in [-0.39, 0.29) is 29.1 Å². The van der Waals surface area contributed by atoms with E-state index in [1.165, 1.54) is 16.6 Å². The summed E-state index contributed by atoms with van der Waals surface area (Å²) in [5.41, 5.74) is 5.70. The lowest BCUT2D eigenvalue weighted by Crippen LogP contribution is -2.57. The van der Waals surface area contributed by atoms with E-state index in [1.807, 2.05) is 35.2 Å². The number of fused-ring (bicyclic) bond motifs is 1. The molecule has 3 fully saturated rings. The van der Waals surface area contributed by atoms with Crippen molar-refractivity contribution in [2.24, 2.45) is 11.3 Å². The second-order valence-electron chi connectivity index (χ2n) is 14.1. The molecule has 7 nitrogen and oxygen atoms in total. The van der Waals surface area contributed by atoms with E-state index >= 15 is 0 Å². The molecule has 0 radical (unpaired) electrons. The molecule has 2 aliphatic carbocycles. The van der Waals surface area contributed by atoms with Crippen LogP contribution in [0.15, 0.2) is 78.9 Å². The van der Waals surface area contributed by atoms with Crippen LogP contribution < -0.4 is 10.2 Å². The number of carbonyl (C=O) groups excluding carboxylic acids is 2. The highest BCUT2D eigenvalue weighted by Crippen LogP contribution is 2.67. The molecular weight excluding hydrogens is 572 g/mol. The van der Waals surface area contributed by atoms with E-state index in [0.717, 1.165) is 61.6 Å². The van der Waals surface area contributed by atoms with Crippen LogP contribution >= 0.6 is 0 Å². The molecule has 7 heteroatoms. The number of nitrogens with one attached hydrogen (secondary N) is 2. The third kappa shape index (κ3) is 5.59. The Morgan fingerprint density at radius 3 is 2.33 bits per heavy atom. The average Bonchev–Trinajstić information content (AvgIpc) is 3.42. The Morgan fingerprint density at radius 2 is 1.61 bits per heavy atom. The van der Waals surface area contributed by atoms with E-state index in [2.05, 4.69) is 84.5 Å². The fourth-order valence-electron chi connectivity index (χ4n) is 8.34. The topological polar surface area (TPSA) is 77.7 Å². The molecule has 2 unspecified atom stereocenters. The van der Waals surface area contributed by atoms with Gasteiger partial charge in [0.1, 0.15) is 5.54 Å². The number of nitrogens with zero attached hydrogens (tertiary/aromatic N) is 2. The van der Waals surface area contributed by atoms with Gasteiger partial charge in [-0.3, -0.25) is 9.59 Å². The lowest BCUT2D eigenvalue weighted by Gasteiger charge is -2.40. The van der Waals surface area contributed by atoms with Crippen molar-refractivity contribution >= 4 is 34.1 Å². The van der Waals surface area contributed by atoms with E-state index < -0.39 is 5.54 Å². The Hall–Kier alpha value is -4.10. The van der Waals surface area contributed by atoms with Crippen LogP contribution in [0, 0.1) is 18.3 Å². The van der Waals surface area contributed by atoms with Crippen molar-refractivity contribution in [1.29, 1.82) is 0 Å². The van der Waals surface area contributed by atoms with Gasteiger partial charge in [-0.2, -0.15) is 0 Å². The zero-order valence-corrected chi connectivity index (χ0v) is 27.4. The Bertz CT molecular complexity index is 1700. The van der Waals surface area contributed by atoms with Gasteiger partial charge in [-0.15, -0.1) is 0 Å². The van der Waals surface area contributed by atoms with Crippen molar-refractivity contribution in [2.45, 2.75) is 70.9 Å². The van der Waals surface area contributed by atoms with Crippen molar-refractivity contribution < 1.29 is 14.3 Å². The number of rotatable bonds is 9. The van der Waals surface area contributed by atoms with E-state index in [9.17, 15) is 9.59 Å². The highest BCUT2D eigenvalue weighted by Gasteiger charge is 2.60. The van der Waals surface area contributed by atoms with Crippen LogP contribution in [0.25, 0.3) is 10.9 Å². The molecule has 2 atom stereocenters. The number of aromatic amines is 1. The average molecular weight is 619 g/mol. The van der Waals surface area contributed by atoms with Gasteiger partial charge in [-0.1, -0.05) is 75.2 Å². The maximum Gasteiger partial charge on any atom is 0.250 e. The van der Waals surface area contributed by atoms with Gasteiger partial charge in [-0.25, -0.2) is 0 Å². The first-order valence-electron chi connectivity index (χ1n) is 16.9. The largest absolute Gasteiger partial charge is 0.378 e. The van der Waals surface area contributed by atoms with Gasteiger partial charge in [0.25, 0.3) is 0 Å². The minimum atomic E-state index is -0.888. The SMILES string of the molecule is Cc1[nH]c2ccccc2c1C1C(CC(=O)N(Cc2ccccc2)C2(C(=O)Nc3ccc(N4CCOCC4)cc3)CCCC2)C1(C)C. The molecule has 3 aliphatic rings. The van der Waals surface area contributed by atoms with Crippen LogP contribution in [-0.4, -0.2) is 53.5 Å². The maximum absolute atomic E-state index is 14.6. The van der Waals surface area contributed by atoms with Gasteiger partial charge in [0, 0.05) is 54.0 Å². The first kappa shape index (κ1) is 30.5. The molecule has 46 heavy (non-hydrogen) atoms. The molecule has 7 rings (SSSR count). The van der Waals surface area contributed by atoms with Crippen LogP contribution in [0.4, 0.5) is 11.4 Å². The van der Waals surface area contributed by atoms with E-state index in [4.69, 9.17) is 4.74 Å². The number of H-pyrrole nitrogens is 1. The number of amides is 2. The highest BCUT2D eigenvalue weighted by molar-refractivity contribution is 6.01. The molecule has 0 bridgehead atoms. The fourth-order valence-corrected chi connectivity index (χ4v) is 8.34. The molecule has 2 saturated carbocycles. The third-order valence-electron chi connectivity index (χ3n) is 11.1. The van der Waals surface area contributed by atoms with Crippen molar-refractivity contribution in [2.75, 3.05) is 36.5 Å². The summed E-state index contributed by atoms with van der Waals surface area (Å²) in [4.78, 5) is 36.9. The second kappa shape index (κ2) is 12.3. The number of carbonyl (C=O) groups is 2. The van der Waals surface area contributed by atoms with Gasteiger partial charge < -0.3 is 24.8 Å². The number of benzene rings is 3. The molecular formula is C39H46N4O3. The Kier molecular flexibility index (Phi) is 8.14. The molecule has 1 saturated heterocycles. The number of ether oxygens (including phenoxy) is 1. The highest BCUT2D eigenvalue weighted by atomic mass is 16.5. The Labute approximate surface area is 272 Å². The van der Waals surface area contributed by atoms with E-state index in [0.29, 0.717) is 25.8 Å². The van der Waals surface area contributed by atoms with Crippen molar-refractivity contribution in [3.63, 3.8) is 0 Å². The van der Waals surface area contributed by atoms with Crippen LogP contribution in [0.5, 0.6) is 0 Å². The Morgan fingerprint density at radius 1 is 0.935 bits per heavy atom. The van der Waals surface area contributed by atoms with Crippen molar-refractivity contribution in [1.82, 2.24) is 9.88 Å². The van der Waals surface area contributed by atoms with Crippen LogP contribution in [0.3, 0.4) is 0 Å². The monoisotopic (exact) mass is 618 g/mol. The summed E-state index contributed by atoms with van der Waals surface area (Å²) in [6.07, 6.45) is 3.61. The molecule has 1 aromatic heterocycles. The molecule has 240 valence electrons. The summed E-state index contributed by atoms with van der Waals surface area (Å²) in [7, 11) is 0. The van der Waals surface area contributed by atoms with Gasteiger partial charge in [-0.05, 0) is 78.5 Å². The molecule has 0 spiro atoms. The minimum Gasteiger partial charge on any atom is -0.378 e. The molecule has 4 aromatic rings. The predicted octanol–water partition coefficient (Wildman–Crippen LogP) is 7.42. The summed E-state index contributed by atoms with van der Waals surface area (Å²) in [5, 5.41) is 4.49. The number of aromatic nitrogens is 1. The van der Waals surface area contributed by atoms with Gasteiger partial charge in [0.15, 0.2) is 0 Å². The number of aryl methyl sites for hydroxylation is 1. The number of hydrogen-bond acceptors (Lipinski definition) is 4. The van der Waals surface area contributed by atoms with Crippen LogP contribution in [0.2, 0.25) is 0 Å². The summed E-state index contributed by atoms with van der Waals surface area (Å²) in [5.74, 6) is 0.476. The normalized spacial score (nSPS) is 21.7. The van der Waals surface area contributed by atoms with Gasteiger partial charge in [0.05, 0.1) is 13.2 Å². The first-order valence-corrected chi connectivity index (χ1v) is 16.9. The fraction of sp³-hybridized carbons (Fsp3) is 0.436. The molecule has 3 aromatic carbocycles. The van der Waals surface area contributed by atoms with E-state index in [1.54, 1.807) is 0 Å². The van der Waals surface area contributed by atoms with Crippen molar-refractivity contribution in [3.8, 4) is 0 Å². The summed E-state index contributed by atoms with van der Waals surface area (Å²) < 4.78 is 5.50. The summed E-state index contributed by atoms with van der Waals surface area (Å²) in [6, 6.07) is 26.7. The number of anilines is 2. The lowest BCUT2D eigenvalue weighted by molar-refractivity contribution is -0.146.